The summed E-state index contributed by atoms with van der Waals surface area (Å²) >= 11 is 1.56. The van der Waals surface area contributed by atoms with Crippen LogP contribution in [0.15, 0.2) is 29.6 Å². The molecule has 0 unspecified atom stereocenters. The van der Waals surface area contributed by atoms with Gasteiger partial charge in [-0.3, -0.25) is 9.69 Å². The topological polar surface area (TPSA) is 48.9 Å². The summed E-state index contributed by atoms with van der Waals surface area (Å²) in [4.78, 5) is 23.3. The summed E-state index contributed by atoms with van der Waals surface area (Å²) in [5.41, 5.74) is -0.167. The fourth-order valence-electron chi connectivity index (χ4n) is 3.69. The lowest BCUT2D eigenvalue weighted by molar-refractivity contribution is -0.138. The number of hydrogen-bond acceptors (Lipinski definition) is 6. The average molecular weight is 440 g/mol. The van der Waals surface area contributed by atoms with Crippen molar-refractivity contribution >= 4 is 22.4 Å². The fraction of sp³-hybridized carbons (Fsp3) is 0.500. The number of thiazole rings is 1. The third-order valence-electron chi connectivity index (χ3n) is 5.33. The summed E-state index contributed by atoms with van der Waals surface area (Å²) in [7, 11) is 0. The van der Waals surface area contributed by atoms with Crippen molar-refractivity contribution < 1.29 is 22.7 Å². The number of rotatable bonds is 4. The van der Waals surface area contributed by atoms with E-state index in [4.69, 9.17) is 9.72 Å². The number of piperazine rings is 1. The Hall–Kier alpha value is -2.17. The first kappa shape index (κ1) is 21.1. The van der Waals surface area contributed by atoms with Gasteiger partial charge >= 0.3 is 6.18 Å². The molecule has 2 aliphatic rings. The van der Waals surface area contributed by atoms with Gasteiger partial charge in [-0.2, -0.15) is 13.2 Å². The number of nitrogens with zero attached hydrogens (tertiary/aromatic N) is 4. The van der Waals surface area contributed by atoms with Crippen LogP contribution in [0, 0.1) is 0 Å². The van der Waals surface area contributed by atoms with Crippen molar-refractivity contribution in [1.29, 1.82) is 0 Å². The van der Waals surface area contributed by atoms with Crippen molar-refractivity contribution in [2.24, 2.45) is 0 Å². The molecule has 1 aromatic heterocycles. The van der Waals surface area contributed by atoms with E-state index in [0.717, 1.165) is 49.7 Å². The molecule has 0 atom stereocenters. The van der Waals surface area contributed by atoms with E-state index in [1.165, 1.54) is 23.1 Å². The minimum absolute atomic E-state index is 0.291. The van der Waals surface area contributed by atoms with Crippen LogP contribution in [-0.4, -0.2) is 73.2 Å². The van der Waals surface area contributed by atoms with Gasteiger partial charge in [0.2, 0.25) is 0 Å². The average Bonchev–Trinajstić information content (AvgIpc) is 3.22. The van der Waals surface area contributed by atoms with Crippen LogP contribution in [0.5, 0.6) is 0 Å². The number of ether oxygens (including phenoxy) is 1. The molecule has 2 aromatic rings. The second kappa shape index (κ2) is 8.91. The van der Waals surface area contributed by atoms with E-state index in [1.807, 2.05) is 5.38 Å². The second-order valence-electron chi connectivity index (χ2n) is 7.33. The number of morpholine rings is 1. The number of carbonyl (C=O) groups excluding carboxylic acids is 1. The second-order valence-corrected chi connectivity index (χ2v) is 8.17. The Morgan fingerprint density at radius 3 is 2.47 bits per heavy atom. The predicted octanol–water partition coefficient (Wildman–Crippen LogP) is 2.96. The van der Waals surface area contributed by atoms with Gasteiger partial charge in [-0.05, 0) is 12.1 Å². The van der Waals surface area contributed by atoms with E-state index >= 15 is 0 Å². The highest BCUT2D eigenvalue weighted by molar-refractivity contribution is 7.13. The van der Waals surface area contributed by atoms with Crippen LogP contribution in [0.1, 0.15) is 21.6 Å². The number of hydrogen-bond donors (Lipinski definition) is 0. The number of halogens is 3. The summed E-state index contributed by atoms with van der Waals surface area (Å²) in [6, 6.07) is 4.96. The van der Waals surface area contributed by atoms with E-state index in [2.05, 4.69) is 9.80 Å². The normalized spacial score (nSPS) is 18.6. The smallest absolute Gasteiger partial charge is 0.379 e. The Kier molecular flexibility index (Phi) is 6.26. The van der Waals surface area contributed by atoms with Crippen molar-refractivity contribution in [1.82, 2.24) is 14.8 Å². The minimum atomic E-state index is -4.55. The molecule has 0 saturated carbocycles. The first-order chi connectivity index (χ1) is 14.4. The van der Waals surface area contributed by atoms with Crippen LogP contribution in [0.25, 0.3) is 0 Å². The minimum Gasteiger partial charge on any atom is -0.379 e. The SMILES string of the molecule is O=C(c1ccccc1C(F)(F)F)N1CCN(c2nc(CN3CCOCC3)cs2)CC1. The molecule has 3 heterocycles. The number of aromatic nitrogens is 1. The van der Waals surface area contributed by atoms with Gasteiger partial charge in [-0.15, -0.1) is 11.3 Å². The van der Waals surface area contributed by atoms with E-state index < -0.39 is 17.6 Å². The summed E-state index contributed by atoms with van der Waals surface area (Å²) < 4.78 is 45.1. The predicted molar refractivity (Wildman–Crippen MR) is 108 cm³/mol. The summed E-state index contributed by atoms with van der Waals surface area (Å²) in [5, 5.41) is 2.93. The quantitative estimate of drug-likeness (QED) is 0.732. The molecule has 162 valence electrons. The zero-order valence-electron chi connectivity index (χ0n) is 16.4. The Bertz CT molecular complexity index is 875. The highest BCUT2D eigenvalue weighted by atomic mass is 32.1. The molecule has 2 saturated heterocycles. The number of anilines is 1. The Balaban J connectivity index is 1.36. The van der Waals surface area contributed by atoms with Gasteiger partial charge in [0.15, 0.2) is 5.13 Å². The first-order valence-electron chi connectivity index (χ1n) is 9.87. The number of alkyl halides is 3. The lowest BCUT2D eigenvalue weighted by Crippen LogP contribution is -2.49. The summed E-state index contributed by atoms with van der Waals surface area (Å²) in [6.45, 7) is 5.88. The summed E-state index contributed by atoms with van der Waals surface area (Å²) in [6.07, 6.45) is -4.55. The highest BCUT2D eigenvalue weighted by Crippen LogP contribution is 2.32. The number of amides is 1. The Morgan fingerprint density at radius 2 is 1.77 bits per heavy atom. The molecule has 0 radical (unpaired) electrons. The first-order valence-corrected chi connectivity index (χ1v) is 10.7. The van der Waals surface area contributed by atoms with E-state index in [0.29, 0.717) is 26.2 Å². The largest absolute Gasteiger partial charge is 0.417 e. The molecule has 0 N–H and O–H groups in total. The van der Waals surface area contributed by atoms with Crippen LogP contribution in [-0.2, 0) is 17.5 Å². The molecular weight excluding hydrogens is 417 g/mol. The van der Waals surface area contributed by atoms with Crippen molar-refractivity contribution in [2.45, 2.75) is 12.7 Å². The molecular formula is C20H23F3N4O2S. The zero-order valence-corrected chi connectivity index (χ0v) is 17.2. The molecule has 6 nitrogen and oxygen atoms in total. The monoisotopic (exact) mass is 440 g/mol. The molecule has 0 aliphatic carbocycles. The van der Waals surface area contributed by atoms with Gasteiger partial charge in [0.05, 0.1) is 30.0 Å². The van der Waals surface area contributed by atoms with Crippen LogP contribution in [0.3, 0.4) is 0 Å². The van der Waals surface area contributed by atoms with Gasteiger partial charge in [0.1, 0.15) is 0 Å². The fourth-order valence-corrected chi connectivity index (χ4v) is 4.56. The number of benzene rings is 1. The van der Waals surface area contributed by atoms with Crippen molar-refractivity contribution in [3.63, 3.8) is 0 Å². The molecule has 1 amide bonds. The number of carbonyl (C=O) groups is 1. The van der Waals surface area contributed by atoms with Crippen molar-refractivity contribution in [3.8, 4) is 0 Å². The van der Waals surface area contributed by atoms with Gasteiger partial charge in [-0.25, -0.2) is 4.98 Å². The van der Waals surface area contributed by atoms with Gasteiger partial charge in [0.25, 0.3) is 5.91 Å². The van der Waals surface area contributed by atoms with E-state index in [9.17, 15) is 18.0 Å². The molecule has 4 rings (SSSR count). The molecule has 1 aromatic carbocycles. The van der Waals surface area contributed by atoms with Crippen LogP contribution < -0.4 is 4.90 Å². The molecule has 30 heavy (non-hydrogen) atoms. The zero-order chi connectivity index (χ0) is 21.1. The maximum atomic E-state index is 13.2. The third-order valence-corrected chi connectivity index (χ3v) is 6.28. The van der Waals surface area contributed by atoms with Gasteiger partial charge in [-0.1, -0.05) is 12.1 Å². The third kappa shape index (κ3) is 4.76. The molecule has 0 spiro atoms. The van der Waals surface area contributed by atoms with Crippen LogP contribution in [0.2, 0.25) is 0 Å². The van der Waals surface area contributed by atoms with Crippen molar-refractivity contribution in [2.75, 3.05) is 57.4 Å². The van der Waals surface area contributed by atoms with Crippen LogP contribution >= 0.6 is 11.3 Å². The maximum Gasteiger partial charge on any atom is 0.417 e. The maximum absolute atomic E-state index is 13.2. The lowest BCUT2D eigenvalue weighted by atomic mass is 10.1. The summed E-state index contributed by atoms with van der Waals surface area (Å²) in [5.74, 6) is -0.574. The molecule has 0 bridgehead atoms. The van der Waals surface area contributed by atoms with Gasteiger partial charge < -0.3 is 14.5 Å². The molecule has 2 fully saturated rings. The van der Waals surface area contributed by atoms with E-state index in [1.54, 1.807) is 11.3 Å². The highest BCUT2D eigenvalue weighted by Gasteiger charge is 2.36. The Labute approximate surface area is 176 Å². The molecule has 10 heteroatoms. The Morgan fingerprint density at radius 1 is 1.07 bits per heavy atom. The van der Waals surface area contributed by atoms with Crippen LogP contribution in [0.4, 0.5) is 18.3 Å². The molecule has 2 aliphatic heterocycles. The standard InChI is InChI=1S/C20H23F3N4O2S/c21-20(22,23)17-4-2-1-3-16(17)18(28)26-5-7-27(8-6-26)19-24-15(14-30-19)13-25-9-11-29-12-10-25/h1-4,14H,5-13H2. The van der Waals surface area contributed by atoms with E-state index in [-0.39, 0.29) is 5.56 Å². The van der Waals surface area contributed by atoms with Gasteiger partial charge in [0, 0.05) is 51.2 Å². The van der Waals surface area contributed by atoms with Crippen molar-refractivity contribution in [3.05, 3.63) is 46.5 Å². The lowest BCUT2D eigenvalue weighted by Gasteiger charge is -2.35.